The van der Waals surface area contributed by atoms with Gasteiger partial charge < -0.3 is 21.7 Å². The minimum Gasteiger partial charge on any atom is -0.352 e. The molecule has 1 saturated carbocycles. The van der Waals surface area contributed by atoms with Crippen molar-refractivity contribution in [3.63, 3.8) is 0 Å². The second-order valence-corrected chi connectivity index (χ2v) is 4.85. The van der Waals surface area contributed by atoms with Crippen LogP contribution < -0.4 is 21.7 Å². The summed E-state index contributed by atoms with van der Waals surface area (Å²) in [5.74, 6) is -0.162. The Hall–Kier alpha value is -1.79. The van der Waals surface area contributed by atoms with Crippen LogP contribution in [-0.4, -0.2) is 31.1 Å². The first kappa shape index (κ1) is 17.3. The van der Waals surface area contributed by atoms with Gasteiger partial charge in [0.1, 0.15) is 0 Å². The summed E-state index contributed by atoms with van der Waals surface area (Å²) in [6, 6.07) is 6.94. The van der Waals surface area contributed by atoms with Crippen LogP contribution in [0.1, 0.15) is 29.6 Å². The molecule has 5 N–H and O–H groups in total. The maximum absolute atomic E-state index is 11.9. The number of amides is 3. The van der Waals surface area contributed by atoms with Crippen molar-refractivity contribution in [2.24, 2.45) is 5.73 Å². The standard InChI is InChI=1S/C14H20N4O2.ClH/c15-7-2-8-16-13(19)10-3-1-4-12(9-10)18-14(20)17-11-5-6-11;/h1,3-4,9,11H,2,5-8,15H2,(H,16,19)(H2,17,18,20);1H. The molecule has 0 aliphatic heterocycles. The second kappa shape index (κ2) is 8.49. The van der Waals surface area contributed by atoms with Crippen LogP contribution in [0.25, 0.3) is 0 Å². The van der Waals surface area contributed by atoms with Crippen molar-refractivity contribution in [1.29, 1.82) is 0 Å². The first-order valence-electron chi connectivity index (χ1n) is 6.85. The summed E-state index contributed by atoms with van der Waals surface area (Å²) in [6.45, 7) is 1.10. The van der Waals surface area contributed by atoms with E-state index in [1.807, 2.05) is 0 Å². The third kappa shape index (κ3) is 6.01. The molecule has 1 fully saturated rings. The van der Waals surface area contributed by atoms with Crippen molar-refractivity contribution in [1.82, 2.24) is 10.6 Å². The fraction of sp³-hybridized carbons (Fsp3) is 0.429. The van der Waals surface area contributed by atoms with Gasteiger partial charge in [0.15, 0.2) is 0 Å². The number of rotatable bonds is 6. The van der Waals surface area contributed by atoms with Crippen LogP contribution in [0.2, 0.25) is 0 Å². The summed E-state index contributed by atoms with van der Waals surface area (Å²) in [5, 5.41) is 8.33. The van der Waals surface area contributed by atoms with Gasteiger partial charge in [-0.25, -0.2) is 4.79 Å². The van der Waals surface area contributed by atoms with Gasteiger partial charge >= 0.3 is 6.03 Å². The molecular formula is C14H21ClN4O2. The molecule has 2 rings (SSSR count). The van der Waals surface area contributed by atoms with Crippen LogP contribution in [0.15, 0.2) is 24.3 Å². The summed E-state index contributed by atoms with van der Waals surface area (Å²) < 4.78 is 0. The van der Waals surface area contributed by atoms with E-state index < -0.39 is 0 Å². The third-order valence-corrected chi connectivity index (χ3v) is 2.96. The zero-order valence-electron chi connectivity index (χ0n) is 11.7. The van der Waals surface area contributed by atoms with E-state index in [1.54, 1.807) is 24.3 Å². The van der Waals surface area contributed by atoms with E-state index >= 15 is 0 Å². The fourth-order valence-corrected chi connectivity index (χ4v) is 1.72. The number of halogens is 1. The van der Waals surface area contributed by atoms with Gasteiger partial charge in [-0.1, -0.05) is 6.07 Å². The minimum atomic E-state index is -0.229. The number of nitrogens with one attached hydrogen (secondary N) is 3. The van der Waals surface area contributed by atoms with E-state index in [2.05, 4.69) is 16.0 Å². The molecule has 0 heterocycles. The molecule has 1 aliphatic carbocycles. The van der Waals surface area contributed by atoms with E-state index in [9.17, 15) is 9.59 Å². The van der Waals surface area contributed by atoms with Gasteiger partial charge in [-0.3, -0.25) is 4.79 Å². The zero-order chi connectivity index (χ0) is 14.4. The molecule has 0 atom stereocenters. The van der Waals surface area contributed by atoms with Crippen LogP contribution in [0.4, 0.5) is 10.5 Å². The first-order valence-corrected chi connectivity index (χ1v) is 6.85. The number of carbonyl (C=O) groups is 2. The van der Waals surface area contributed by atoms with Crippen molar-refractivity contribution in [2.75, 3.05) is 18.4 Å². The molecule has 0 spiro atoms. The summed E-state index contributed by atoms with van der Waals surface area (Å²) in [4.78, 5) is 23.5. The average molecular weight is 313 g/mol. The SMILES string of the molecule is Cl.NCCCNC(=O)c1cccc(NC(=O)NC2CC2)c1. The lowest BCUT2D eigenvalue weighted by Gasteiger charge is -2.08. The van der Waals surface area contributed by atoms with Crippen LogP contribution in [0.5, 0.6) is 0 Å². The zero-order valence-corrected chi connectivity index (χ0v) is 12.5. The Bertz CT molecular complexity index is 492. The molecule has 3 amide bonds. The number of hydrogen-bond acceptors (Lipinski definition) is 3. The highest BCUT2D eigenvalue weighted by Crippen LogP contribution is 2.19. The van der Waals surface area contributed by atoms with Crippen molar-refractivity contribution in [3.8, 4) is 0 Å². The summed E-state index contributed by atoms with van der Waals surface area (Å²) in [5.41, 5.74) is 6.50. The molecule has 0 bridgehead atoms. The summed E-state index contributed by atoms with van der Waals surface area (Å²) in [7, 11) is 0. The first-order chi connectivity index (χ1) is 9.69. The van der Waals surface area contributed by atoms with E-state index in [0.717, 1.165) is 19.3 Å². The molecule has 7 heteroatoms. The van der Waals surface area contributed by atoms with Crippen molar-refractivity contribution < 1.29 is 9.59 Å². The number of urea groups is 1. The van der Waals surface area contributed by atoms with Crippen molar-refractivity contribution in [2.45, 2.75) is 25.3 Å². The fourth-order valence-electron chi connectivity index (χ4n) is 1.72. The Labute approximate surface area is 130 Å². The van der Waals surface area contributed by atoms with E-state index in [4.69, 9.17) is 5.73 Å². The molecule has 21 heavy (non-hydrogen) atoms. The topological polar surface area (TPSA) is 96.2 Å². The number of carbonyl (C=O) groups excluding carboxylic acids is 2. The summed E-state index contributed by atoms with van der Waals surface area (Å²) >= 11 is 0. The molecule has 0 unspecified atom stereocenters. The predicted octanol–water partition coefficient (Wildman–Crippen LogP) is 1.47. The second-order valence-electron chi connectivity index (χ2n) is 4.85. The average Bonchev–Trinajstić information content (AvgIpc) is 3.23. The highest BCUT2D eigenvalue weighted by atomic mass is 35.5. The molecular weight excluding hydrogens is 292 g/mol. The predicted molar refractivity (Wildman–Crippen MR) is 84.9 cm³/mol. The molecule has 1 aromatic carbocycles. The van der Waals surface area contributed by atoms with E-state index in [-0.39, 0.29) is 24.3 Å². The minimum absolute atomic E-state index is 0. The highest BCUT2D eigenvalue weighted by molar-refractivity contribution is 5.96. The van der Waals surface area contributed by atoms with Gasteiger partial charge in [-0.2, -0.15) is 0 Å². The number of nitrogens with two attached hydrogens (primary N) is 1. The number of anilines is 1. The van der Waals surface area contributed by atoms with Crippen LogP contribution in [-0.2, 0) is 0 Å². The quantitative estimate of drug-likeness (QED) is 0.599. The molecule has 0 aromatic heterocycles. The molecule has 0 radical (unpaired) electrons. The van der Waals surface area contributed by atoms with Crippen molar-refractivity contribution >= 4 is 30.0 Å². The van der Waals surface area contributed by atoms with Gasteiger partial charge in [0.25, 0.3) is 5.91 Å². The highest BCUT2D eigenvalue weighted by Gasteiger charge is 2.23. The van der Waals surface area contributed by atoms with E-state index in [1.165, 1.54) is 0 Å². The van der Waals surface area contributed by atoms with Crippen LogP contribution >= 0.6 is 12.4 Å². The number of benzene rings is 1. The largest absolute Gasteiger partial charge is 0.352 e. The van der Waals surface area contributed by atoms with E-state index in [0.29, 0.717) is 30.4 Å². The lowest BCUT2D eigenvalue weighted by Crippen LogP contribution is -2.30. The molecule has 1 aromatic rings. The van der Waals surface area contributed by atoms with Crippen molar-refractivity contribution in [3.05, 3.63) is 29.8 Å². The maximum atomic E-state index is 11.9. The Kier molecular flexibility index (Phi) is 6.98. The van der Waals surface area contributed by atoms with Gasteiger partial charge in [0, 0.05) is 23.8 Å². The van der Waals surface area contributed by atoms with Gasteiger partial charge in [0.05, 0.1) is 0 Å². The molecule has 116 valence electrons. The molecule has 0 saturated heterocycles. The van der Waals surface area contributed by atoms with Crippen LogP contribution in [0, 0.1) is 0 Å². The normalized spacial score (nSPS) is 13.0. The maximum Gasteiger partial charge on any atom is 0.319 e. The Balaban J connectivity index is 0.00000220. The van der Waals surface area contributed by atoms with Gasteiger partial charge in [-0.15, -0.1) is 12.4 Å². The molecule has 6 nitrogen and oxygen atoms in total. The summed E-state index contributed by atoms with van der Waals surface area (Å²) in [6.07, 6.45) is 2.82. The van der Waals surface area contributed by atoms with Crippen LogP contribution in [0.3, 0.4) is 0 Å². The smallest absolute Gasteiger partial charge is 0.319 e. The lowest BCUT2D eigenvalue weighted by molar-refractivity contribution is 0.0953. The Morgan fingerprint density at radius 2 is 2.05 bits per heavy atom. The third-order valence-electron chi connectivity index (χ3n) is 2.96. The molecule has 1 aliphatic rings. The monoisotopic (exact) mass is 312 g/mol. The number of hydrogen-bond donors (Lipinski definition) is 4. The Morgan fingerprint density at radius 1 is 1.29 bits per heavy atom. The Morgan fingerprint density at radius 3 is 2.71 bits per heavy atom. The van der Waals surface area contributed by atoms with Gasteiger partial charge in [-0.05, 0) is 44.0 Å². The lowest BCUT2D eigenvalue weighted by atomic mass is 10.2. The van der Waals surface area contributed by atoms with Gasteiger partial charge in [0.2, 0.25) is 0 Å².